The zero-order valence-electron chi connectivity index (χ0n) is 15.2. The maximum Gasteiger partial charge on any atom is 0.318 e. The van der Waals surface area contributed by atoms with Gasteiger partial charge in [-0.2, -0.15) is 10.1 Å². The van der Waals surface area contributed by atoms with E-state index >= 15 is 0 Å². The number of likely N-dealkylation sites (tertiary alicyclic amines) is 1. The van der Waals surface area contributed by atoms with E-state index in [2.05, 4.69) is 25.7 Å². The smallest absolute Gasteiger partial charge is 0.318 e. The lowest BCUT2D eigenvalue weighted by Gasteiger charge is -2.32. The number of aromatic nitrogens is 4. The van der Waals surface area contributed by atoms with E-state index in [9.17, 15) is 4.79 Å². The molecule has 2 aromatic rings. The quantitative estimate of drug-likeness (QED) is 0.890. The number of carbonyl (C=O) groups is 1. The van der Waals surface area contributed by atoms with Crippen LogP contribution in [0.5, 0.6) is 0 Å². The SMILES string of the molecule is C[C@H](NC(=O)N1CCC[C@@H](c2ccn[nH]2)C1)c1nc(C(C)(C)C)no1. The van der Waals surface area contributed by atoms with Crippen LogP contribution >= 0.6 is 0 Å². The topological polar surface area (TPSA) is 99.9 Å². The van der Waals surface area contributed by atoms with Crippen LogP contribution < -0.4 is 5.32 Å². The van der Waals surface area contributed by atoms with E-state index in [0.29, 0.717) is 24.2 Å². The predicted octanol–water partition coefficient (Wildman–Crippen LogP) is 2.74. The second kappa shape index (κ2) is 6.85. The first kappa shape index (κ1) is 17.4. The fourth-order valence-electron chi connectivity index (χ4n) is 2.96. The molecule has 8 nitrogen and oxygen atoms in total. The summed E-state index contributed by atoms with van der Waals surface area (Å²) in [5, 5.41) is 14.0. The summed E-state index contributed by atoms with van der Waals surface area (Å²) in [4.78, 5) is 18.9. The Kier molecular flexibility index (Phi) is 4.78. The molecule has 0 radical (unpaired) electrons. The number of aromatic amines is 1. The van der Waals surface area contributed by atoms with Gasteiger partial charge in [0.2, 0.25) is 5.89 Å². The van der Waals surface area contributed by atoms with Crippen molar-refractivity contribution >= 4 is 6.03 Å². The first-order valence-electron chi connectivity index (χ1n) is 8.73. The fraction of sp³-hybridized carbons (Fsp3) is 0.647. The highest BCUT2D eigenvalue weighted by Crippen LogP contribution is 2.26. The van der Waals surface area contributed by atoms with Crippen molar-refractivity contribution in [1.82, 2.24) is 30.6 Å². The Balaban J connectivity index is 1.60. The fourth-order valence-corrected chi connectivity index (χ4v) is 2.96. The van der Waals surface area contributed by atoms with Crippen LogP contribution in [0.3, 0.4) is 0 Å². The molecular weight excluding hydrogens is 320 g/mol. The Morgan fingerprint density at radius 1 is 1.48 bits per heavy atom. The summed E-state index contributed by atoms with van der Waals surface area (Å²) >= 11 is 0. The number of hydrogen-bond donors (Lipinski definition) is 2. The summed E-state index contributed by atoms with van der Waals surface area (Å²) in [5.41, 5.74) is 0.896. The number of piperidine rings is 1. The number of urea groups is 1. The maximum absolute atomic E-state index is 12.6. The van der Waals surface area contributed by atoms with Crippen molar-refractivity contribution in [3.05, 3.63) is 29.7 Å². The average molecular weight is 346 g/mol. The molecule has 3 rings (SSSR count). The Morgan fingerprint density at radius 2 is 2.28 bits per heavy atom. The van der Waals surface area contributed by atoms with Crippen molar-refractivity contribution in [2.75, 3.05) is 13.1 Å². The van der Waals surface area contributed by atoms with Crippen LogP contribution in [0.2, 0.25) is 0 Å². The molecule has 3 heterocycles. The second-order valence-electron chi connectivity index (χ2n) is 7.67. The van der Waals surface area contributed by atoms with Gasteiger partial charge in [-0.25, -0.2) is 4.79 Å². The number of H-pyrrole nitrogens is 1. The standard InChI is InChI=1S/C17H26N6O2/c1-11(14-20-15(22-25-14)17(2,3)4)19-16(24)23-9-5-6-12(10-23)13-7-8-18-21-13/h7-8,11-12H,5-6,9-10H2,1-4H3,(H,18,21)(H,19,24)/t11-,12+/m0/s1. The normalized spacial score (nSPS) is 19.7. The lowest BCUT2D eigenvalue weighted by molar-refractivity contribution is 0.173. The molecule has 2 atom stereocenters. The van der Waals surface area contributed by atoms with Crippen LogP contribution in [0.15, 0.2) is 16.8 Å². The second-order valence-corrected chi connectivity index (χ2v) is 7.67. The van der Waals surface area contributed by atoms with Crippen LogP contribution in [0, 0.1) is 0 Å². The highest BCUT2D eigenvalue weighted by Gasteiger charge is 2.28. The molecule has 0 spiro atoms. The Morgan fingerprint density at radius 3 is 2.92 bits per heavy atom. The van der Waals surface area contributed by atoms with Gasteiger partial charge < -0.3 is 14.7 Å². The molecule has 136 valence electrons. The van der Waals surface area contributed by atoms with Gasteiger partial charge in [0.15, 0.2) is 5.82 Å². The minimum absolute atomic E-state index is 0.104. The van der Waals surface area contributed by atoms with Gasteiger partial charge in [0.25, 0.3) is 0 Å². The summed E-state index contributed by atoms with van der Waals surface area (Å²) in [6, 6.07) is 1.54. The highest BCUT2D eigenvalue weighted by molar-refractivity contribution is 5.74. The minimum Gasteiger partial charge on any atom is -0.337 e. The number of nitrogens with zero attached hydrogens (tertiary/aromatic N) is 4. The van der Waals surface area contributed by atoms with E-state index in [1.807, 2.05) is 38.7 Å². The molecule has 0 saturated carbocycles. The van der Waals surface area contributed by atoms with Gasteiger partial charge in [-0.15, -0.1) is 0 Å². The Bertz CT molecular complexity index is 703. The van der Waals surface area contributed by atoms with Gasteiger partial charge in [-0.1, -0.05) is 25.9 Å². The van der Waals surface area contributed by atoms with Crippen LogP contribution in [0.1, 0.15) is 69.9 Å². The Hall–Kier alpha value is -2.38. The lowest BCUT2D eigenvalue weighted by atomic mass is 9.95. The number of amides is 2. The van der Waals surface area contributed by atoms with Gasteiger partial charge in [-0.05, 0) is 25.8 Å². The molecule has 1 saturated heterocycles. The van der Waals surface area contributed by atoms with E-state index in [0.717, 1.165) is 25.1 Å². The average Bonchev–Trinajstić information content (AvgIpc) is 3.26. The van der Waals surface area contributed by atoms with Crippen LogP contribution in [0.4, 0.5) is 4.79 Å². The molecule has 0 aliphatic carbocycles. The first-order valence-corrected chi connectivity index (χ1v) is 8.73. The van der Waals surface area contributed by atoms with Crippen molar-refractivity contribution in [2.24, 2.45) is 0 Å². The molecule has 2 amide bonds. The maximum atomic E-state index is 12.6. The third kappa shape index (κ3) is 4.00. The van der Waals surface area contributed by atoms with Crippen molar-refractivity contribution in [3.8, 4) is 0 Å². The minimum atomic E-state index is -0.330. The van der Waals surface area contributed by atoms with Crippen molar-refractivity contribution in [3.63, 3.8) is 0 Å². The van der Waals surface area contributed by atoms with Crippen LogP contribution in [-0.2, 0) is 5.41 Å². The summed E-state index contributed by atoms with van der Waals surface area (Å²) in [7, 11) is 0. The van der Waals surface area contributed by atoms with Gasteiger partial charge in [-0.3, -0.25) is 5.10 Å². The molecular formula is C17H26N6O2. The highest BCUT2D eigenvalue weighted by atomic mass is 16.5. The number of hydrogen-bond acceptors (Lipinski definition) is 5. The van der Waals surface area contributed by atoms with Crippen LogP contribution in [-0.4, -0.2) is 44.4 Å². The molecule has 1 aliphatic heterocycles. The molecule has 2 N–H and O–H groups in total. The van der Waals surface area contributed by atoms with Crippen molar-refractivity contribution in [1.29, 1.82) is 0 Å². The predicted molar refractivity (Wildman–Crippen MR) is 92.1 cm³/mol. The molecule has 8 heteroatoms. The molecule has 0 unspecified atom stereocenters. The van der Waals surface area contributed by atoms with Crippen molar-refractivity contribution in [2.45, 2.75) is 57.9 Å². The summed E-state index contributed by atoms with van der Waals surface area (Å²) < 4.78 is 5.31. The first-order chi connectivity index (χ1) is 11.8. The summed E-state index contributed by atoms with van der Waals surface area (Å²) in [6.45, 7) is 9.35. The molecule has 25 heavy (non-hydrogen) atoms. The summed E-state index contributed by atoms with van der Waals surface area (Å²) in [5.74, 6) is 1.37. The lowest BCUT2D eigenvalue weighted by Crippen LogP contribution is -2.45. The third-order valence-corrected chi connectivity index (χ3v) is 4.49. The van der Waals surface area contributed by atoms with Gasteiger partial charge in [0, 0.05) is 36.3 Å². The van der Waals surface area contributed by atoms with E-state index in [1.54, 1.807) is 6.20 Å². The largest absolute Gasteiger partial charge is 0.337 e. The number of rotatable bonds is 3. The van der Waals surface area contributed by atoms with E-state index < -0.39 is 0 Å². The van der Waals surface area contributed by atoms with Crippen LogP contribution in [0.25, 0.3) is 0 Å². The van der Waals surface area contributed by atoms with E-state index in [1.165, 1.54) is 0 Å². The van der Waals surface area contributed by atoms with Gasteiger partial charge in [0.05, 0.1) is 0 Å². The van der Waals surface area contributed by atoms with E-state index in [-0.39, 0.29) is 17.5 Å². The number of carbonyl (C=O) groups excluding carboxylic acids is 1. The third-order valence-electron chi connectivity index (χ3n) is 4.49. The summed E-state index contributed by atoms with van der Waals surface area (Å²) in [6.07, 6.45) is 3.78. The Labute approximate surface area is 147 Å². The van der Waals surface area contributed by atoms with Crippen molar-refractivity contribution < 1.29 is 9.32 Å². The zero-order valence-corrected chi connectivity index (χ0v) is 15.2. The van der Waals surface area contributed by atoms with Gasteiger partial charge in [0.1, 0.15) is 6.04 Å². The zero-order chi connectivity index (χ0) is 18.0. The van der Waals surface area contributed by atoms with Gasteiger partial charge >= 0.3 is 6.03 Å². The van der Waals surface area contributed by atoms with E-state index in [4.69, 9.17) is 4.52 Å². The molecule has 1 aliphatic rings. The molecule has 0 aromatic carbocycles. The number of nitrogens with one attached hydrogen (secondary N) is 2. The molecule has 1 fully saturated rings. The molecule has 0 bridgehead atoms. The monoisotopic (exact) mass is 346 g/mol. The molecule has 2 aromatic heterocycles.